The Labute approximate surface area is 186 Å². The first-order chi connectivity index (χ1) is 15.4. The van der Waals surface area contributed by atoms with E-state index in [1.54, 1.807) is 0 Å². The van der Waals surface area contributed by atoms with Crippen LogP contribution >= 0.6 is 0 Å². The van der Waals surface area contributed by atoms with Crippen molar-refractivity contribution in [2.45, 2.75) is 33.6 Å². The van der Waals surface area contributed by atoms with Crippen LogP contribution in [0.4, 0.5) is 11.4 Å². The van der Waals surface area contributed by atoms with E-state index >= 15 is 0 Å². The number of nitrogens with one attached hydrogen (secondary N) is 3. The first kappa shape index (κ1) is 20.3. The number of pyridine rings is 1. The Kier molecular flexibility index (Phi) is 4.96. The van der Waals surface area contributed by atoms with Gasteiger partial charge in [0.15, 0.2) is 0 Å². The lowest BCUT2D eigenvalue weighted by atomic mass is 9.91. The number of aromatic nitrogens is 4. The number of aromatic amines is 2. The number of benzene rings is 1. The number of amides is 1. The van der Waals surface area contributed by atoms with Crippen molar-refractivity contribution >= 4 is 44.8 Å². The number of rotatable bonds is 4. The van der Waals surface area contributed by atoms with E-state index in [2.05, 4.69) is 64.5 Å². The molecule has 0 fully saturated rings. The SMILES string of the molecule is CC(C)(C)CC(=O)N1CC=C(c2cc3c(Nc4ccc5[nH]ncc5c4)ccnc3[nH]2)CC1. The lowest BCUT2D eigenvalue weighted by Crippen LogP contribution is -2.36. The van der Waals surface area contributed by atoms with Crippen molar-refractivity contribution in [1.29, 1.82) is 0 Å². The van der Waals surface area contributed by atoms with Gasteiger partial charge in [-0.2, -0.15) is 5.10 Å². The van der Waals surface area contributed by atoms with Crippen molar-refractivity contribution in [3.8, 4) is 0 Å². The van der Waals surface area contributed by atoms with E-state index in [1.807, 2.05) is 35.5 Å². The molecule has 0 aliphatic carbocycles. The van der Waals surface area contributed by atoms with Gasteiger partial charge in [-0.3, -0.25) is 9.89 Å². The molecule has 0 spiro atoms. The highest BCUT2D eigenvalue weighted by Crippen LogP contribution is 2.31. The summed E-state index contributed by atoms with van der Waals surface area (Å²) in [6.07, 6.45) is 7.20. The Morgan fingerprint density at radius 2 is 2.09 bits per heavy atom. The van der Waals surface area contributed by atoms with Crippen molar-refractivity contribution in [2.24, 2.45) is 5.41 Å². The van der Waals surface area contributed by atoms with Gasteiger partial charge in [-0.05, 0) is 47.7 Å². The second kappa shape index (κ2) is 7.82. The average molecular weight is 429 g/mol. The summed E-state index contributed by atoms with van der Waals surface area (Å²) in [6.45, 7) is 7.72. The molecule has 5 rings (SSSR count). The zero-order valence-corrected chi connectivity index (χ0v) is 18.7. The number of carbonyl (C=O) groups is 1. The lowest BCUT2D eigenvalue weighted by molar-refractivity contribution is -0.132. The van der Waals surface area contributed by atoms with E-state index in [0.717, 1.165) is 52.0 Å². The third kappa shape index (κ3) is 4.10. The van der Waals surface area contributed by atoms with Crippen LogP contribution in [0.5, 0.6) is 0 Å². The number of hydrogen-bond acceptors (Lipinski definition) is 4. The summed E-state index contributed by atoms with van der Waals surface area (Å²) in [4.78, 5) is 22.5. The molecule has 32 heavy (non-hydrogen) atoms. The third-order valence-electron chi connectivity index (χ3n) is 5.84. The molecule has 0 atom stereocenters. The Bertz CT molecular complexity index is 1320. The van der Waals surface area contributed by atoms with E-state index in [9.17, 15) is 4.79 Å². The molecule has 1 aromatic carbocycles. The van der Waals surface area contributed by atoms with Crippen LogP contribution < -0.4 is 5.32 Å². The van der Waals surface area contributed by atoms with Crippen molar-refractivity contribution < 1.29 is 4.79 Å². The molecule has 0 radical (unpaired) electrons. The second-order valence-corrected chi connectivity index (χ2v) is 9.66. The summed E-state index contributed by atoms with van der Waals surface area (Å²) in [7, 11) is 0. The minimum Gasteiger partial charge on any atom is -0.355 e. The van der Waals surface area contributed by atoms with Crippen LogP contribution in [0.1, 0.15) is 39.3 Å². The van der Waals surface area contributed by atoms with Crippen molar-refractivity contribution in [1.82, 2.24) is 25.1 Å². The molecule has 7 nitrogen and oxygen atoms in total. The standard InChI is InChI=1S/C25H28N6O/c1-25(2,3)14-23(32)31-10-7-16(8-11-31)22-13-19-21(6-9-26-24(19)29-22)28-18-4-5-20-17(12-18)15-27-30-20/h4-7,9,12-13,15H,8,10-11,14H2,1-3H3,(H,27,30)(H2,26,28,29). The first-order valence-corrected chi connectivity index (χ1v) is 11.0. The van der Waals surface area contributed by atoms with Crippen LogP contribution in [0.3, 0.4) is 0 Å². The molecule has 164 valence electrons. The molecular weight excluding hydrogens is 400 g/mol. The number of H-pyrrole nitrogens is 2. The summed E-state index contributed by atoms with van der Waals surface area (Å²) < 4.78 is 0. The Balaban J connectivity index is 1.37. The van der Waals surface area contributed by atoms with Gasteiger partial charge < -0.3 is 15.2 Å². The molecule has 3 aromatic heterocycles. The normalized spacial score (nSPS) is 14.7. The molecule has 1 amide bonds. The van der Waals surface area contributed by atoms with Gasteiger partial charge in [0, 0.05) is 47.9 Å². The highest BCUT2D eigenvalue weighted by Gasteiger charge is 2.23. The van der Waals surface area contributed by atoms with Crippen molar-refractivity contribution in [3.63, 3.8) is 0 Å². The number of carbonyl (C=O) groups excluding carboxylic acids is 1. The zero-order valence-electron chi connectivity index (χ0n) is 18.7. The van der Waals surface area contributed by atoms with Crippen LogP contribution in [-0.2, 0) is 4.79 Å². The fourth-order valence-electron chi connectivity index (χ4n) is 4.19. The minimum absolute atomic E-state index is 0.00939. The van der Waals surface area contributed by atoms with E-state index in [4.69, 9.17) is 0 Å². The molecule has 0 unspecified atom stereocenters. The summed E-state index contributed by atoms with van der Waals surface area (Å²) in [5.74, 6) is 0.229. The predicted molar refractivity (Wildman–Crippen MR) is 129 cm³/mol. The maximum absolute atomic E-state index is 12.5. The van der Waals surface area contributed by atoms with Gasteiger partial charge in [-0.25, -0.2) is 4.98 Å². The molecule has 0 saturated heterocycles. The highest BCUT2D eigenvalue weighted by molar-refractivity contribution is 5.95. The summed E-state index contributed by atoms with van der Waals surface area (Å²) in [5.41, 5.74) is 6.16. The number of anilines is 2. The highest BCUT2D eigenvalue weighted by atomic mass is 16.2. The van der Waals surface area contributed by atoms with Crippen molar-refractivity contribution in [2.75, 3.05) is 18.4 Å². The van der Waals surface area contributed by atoms with Gasteiger partial charge >= 0.3 is 0 Å². The molecular formula is C25H28N6O. The van der Waals surface area contributed by atoms with Crippen LogP contribution in [-0.4, -0.2) is 44.1 Å². The Morgan fingerprint density at radius 3 is 2.88 bits per heavy atom. The molecule has 3 N–H and O–H groups in total. The van der Waals surface area contributed by atoms with Gasteiger partial charge in [-0.15, -0.1) is 0 Å². The maximum atomic E-state index is 12.5. The summed E-state index contributed by atoms with van der Waals surface area (Å²) in [5, 5.41) is 12.7. The second-order valence-electron chi connectivity index (χ2n) is 9.66. The van der Waals surface area contributed by atoms with E-state index < -0.39 is 0 Å². The smallest absolute Gasteiger partial charge is 0.223 e. The molecule has 1 aliphatic rings. The number of nitrogens with zero attached hydrogens (tertiary/aromatic N) is 3. The Hall–Kier alpha value is -3.61. The topological polar surface area (TPSA) is 89.7 Å². The number of hydrogen-bond donors (Lipinski definition) is 3. The summed E-state index contributed by atoms with van der Waals surface area (Å²) in [6, 6.07) is 10.3. The molecule has 1 aliphatic heterocycles. The maximum Gasteiger partial charge on any atom is 0.223 e. The van der Waals surface area contributed by atoms with E-state index in [0.29, 0.717) is 13.0 Å². The fraction of sp³-hybridized carbons (Fsp3) is 0.320. The number of fused-ring (bicyclic) bond motifs is 2. The van der Waals surface area contributed by atoms with Gasteiger partial charge in [0.25, 0.3) is 0 Å². The Morgan fingerprint density at radius 1 is 1.22 bits per heavy atom. The van der Waals surface area contributed by atoms with Gasteiger partial charge in [0.1, 0.15) is 5.65 Å². The van der Waals surface area contributed by atoms with Gasteiger partial charge in [-0.1, -0.05) is 26.8 Å². The minimum atomic E-state index is 0.00939. The van der Waals surface area contributed by atoms with E-state index in [-0.39, 0.29) is 11.3 Å². The fourth-order valence-corrected chi connectivity index (χ4v) is 4.19. The van der Waals surface area contributed by atoms with Crippen LogP contribution in [0.2, 0.25) is 0 Å². The van der Waals surface area contributed by atoms with Crippen LogP contribution in [0.25, 0.3) is 27.5 Å². The largest absolute Gasteiger partial charge is 0.355 e. The molecule has 0 bridgehead atoms. The van der Waals surface area contributed by atoms with E-state index in [1.165, 1.54) is 5.57 Å². The monoisotopic (exact) mass is 428 g/mol. The zero-order chi connectivity index (χ0) is 22.3. The van der Waals surface area contributed by atoms with Crippen LogP contribution in [0, 0.1) is 5.41 Å². The molecule has 0 saturated carbocycles. The van der Waals surface area contributed by atoms with Gasteiger partial charge in [0.05, 0.1) is 17.4 Å². The van der Waals surface area contributed by atoms with Crippen LogP contribution in [0.15, 0.2) is 48.8 Å². The molecule has 4 aromatic rings. The predicted octanol–water partition coefficient (Wildman–Crippen LogP) is 5.23. The van der Waals surface area contributed by atoms with Crippen molar-refractivity contribution in [3.05, 3.63) is 54.5 Å². The average Bonchev–Trinajstić information content (AvgIpc) is 3.40. The first-order valence-electron chi connectivity index (χ1n) is 11.0. The lowest BCUT2D eigenvalue weighted by Gasteiger charge is -2.29. The van der Waals surface area contributed by atoms with Gasteiger partial charge in [0.2, 0.25) is 5.91 Å². The quantitative estimate of drug-likeness (QED) is 0.415. The molecule has 7 heteroatoms. The third-order valence-corrected chi connectivity index (χ3v) is 5.84. The molecule has 4 heterocycles. The summed E-state index contributed by atoms with van der Waals surface area (Å²) >= 11 is 0.